The van der Waals surface area contributed by atoms with E-state index in [-0.39, 0.29) is 11.9 Å². The SMILES string of the molecule is CC(C)[C@@H](C)NC(=O)CSCc1ccccc1C#N. The fraction of sp³-hybridized carbons (Fsp3) is 0.467. The maximum Gasteiger partial charge on any atom is 0.230 e. The molecule has 1 rings (SSSR count). The van der Waals surface area contributed by atoms with Crippen molar-refractivity contribution < 1.29 is 4.79 Å². The molecule has 0 saturated heterocycles. The molecule has 0 bridgehead atoms. The monoisotopic (exact) mass is 276 g/mol. The third kappa shape index (κ3) is 5.35. The lowest BCUT2D eigenvalue weighted by atomic mass is 10.1. The second-order valence-electron chi connectivity index (χ2n) is 4.86. The number of rotatable bonds is 6. The first kappa shape index (κ1) is 15.6. The minimum Gasteiger partial charge on any atom is -0.353 e. The standard InChI is InChI=1S/C15H20N2OS/c1-11(2)12(3)17-15(18)10-19-9-14-7-5-4-6-13(14)8-16/h4-7,11-12H,9-10H2,1-3H3,(H,17,18)/t12-/m1/s1. The molecule has 3 nitrogen and oxygen atoms in total. The van der Waals surface area contributed by atoms with Gasteiger partial charge in [-0.2, -0.15) is 5.26 Å². The van der Waals surface area contributed by atoms with Crippen LogP contribution in [0.4, 0.5) is 0 Å². The number of nitrogens with one attached hydrogen (secondary N) is 1. The van der Waals surface area contributed by atoms with Gasteiger partial charge in [-0.25, -0.2) is 0 Å². The van der Waals surface area contributed by atoms with Gasteiger partial charge in [0.25, 0.3) is 0 Å². The van der Waals surface area contributed by atoms with E-state index >= 15 is 0 Å². The van der Waals surface area contributed by atoms with Gasteiger partial charge in [0.15, 0.2) is 0 Å². The number of carbonyl (C=O) groups is 1. The molecule has 0 unspecified atom stereocenters. The van der Waals surface area contributed by atoms with Gasteiger partial charge < -0.3 is 5.32 Å². The largest absolute Gasteiger partial charge is 0.353 e. The molecule has 0 aliphatic carbocycles. The summed E-state index contributed by atoms with van der Waals surface area (Å²) in [7, 11) is 0. The lowest BCUT2D eigenvalue weighted by Gasteiger charge is -2.17. The number of hydrogen-bond acceptors (Lipinski definition) is 3. The van der Waals surface area contributed by atoms with E-state index in [9.17, 15) is 4.79 Å². The van der Waals surface area contributed by atoms with Crippen molar-refractivity contribution in [1.82, 2.24) is 5.32 Å². The van der Waals surface area contributed by atoms with Gasteiger partial charge in [-0.05, 0) is 24.5 Å². The van der Waals surface area contributed by atoms with Crippen LogP contribution in [0, 0.1) is 17.2 Å². The first-order valence-electron chi connectivity index (χ1n) is 6.39. The highest BCUT2D eigenvalue weighted by Crippen LogP contribution is 2.15. The highest BCUT2D eigenvalue weighted by molar-refractivity contribution is 7.99. The third-order valence-electron chi connectivity index (χ3n) is 3.02. The fourth-order valence-electron chi connectivity index (χ4n) is 1.47. The Morgan fingerprint density at radius 3 is 2.68 bits per heavy atom. The quantitative estimate of drug-likeness (QED) is 0.869. The van der Waals surface area contributed by atoms with Gasteiger partial charge >= 0.3 is 0 Å². The van der Waals surface area contributed by atoms with Crippen LogP contribution in [0.3, 0.4) is 0 Å². The Kier molecular flexibility index (Phi) is 6.44. The first-order valence-corrected chi connectivity index (χ1v) is 7.55. The summed E-state index contributed by atoms with van der Waals surface area (Å²) in [4.78, 5) is 11.7. The maximum absolute atomic E-state index is 11.7. The van der Waals surface area contributed by atoms with E-state index in [2.05, 4.69) is 25.2 Å². The molecule has 0 saturated carbocycles. The zero-order valence-corrected chi connectivity index (χ0v) is 12.5. The summed E-state index contributed by atoms with van der Waals surface area (Å²) in [6.07, 6.45) is 0. The molecular formula is C15H20N2OS. The highest BCUT2D eigenvalue weighted by atomic mass is 32.2. The smallest absolute Gasteiger partial charge is 0.230 e. The average Bonchev–Trinajstić information content (AvgIpc) is 2.39. The van der Waals surface area contributed by atoms with E-state index in [4.69, 9.17) is 5.26 Å². The molecule has 0 heterocycles. The van der Waals surface area contributed by atoms with E-state index in [1.165, 1.54) is 11.8 Å². The summed E-state index contributed by atoms with van der Waals surface area (Å²) in [6, 6.07) is 9.86. The van der Waals surface area contributed by atoms with Gasteiger partial charge in [-0.1, -0.05) is 32.0 Å². The molecule has 0 aromatic heterocycles. The molecule has 4 heteroatoms. The molecular weight excluding hydrogens is 256 g/mol. The van der Waals surface area contributed by atoms with Crippen LogP contribution in [-0.2, 0) is 10.5 Å². The van der Waals surface area contributed by atoms with Crippen LogP contribution in [0.15, 0.2) is 24.3 Å². The zero-order chi connectivity index (χ0) is 14.3. The molecule has 0 aliphatic rings. The number of hydrogen-bond donors (Lipinski definition) is 1. The number of nitriles is 1. The van der Waals surface area contributed by atoms with Crippen LogP contribution in [0.25, 0.3) is 0 Å². The summed E-state index contributed by atoms with van der Waals surface area (Å²) in [6.45, 7) is 6.18. The number of thioether (sulfide) groups is 1. The molecule has 19 heavy (non-hydrogen) atoms. The van der Waals surface area contributed by atoms with Gasteiger partial charge in [0.1, 0.15) is 0 Å². The Morgan fingerprint density at radius 1 is 1.37 bits per heavy atom. The van der Waals surface area contributed by atoms with Crippen molar-refractivity contribution in [2.45, 2.75) is 32.6 Å². The summed E-state index contributed by atoms with van der Waals surface area (Å²) in [5.41, 5.74) is 1.67. The molecule has 0 aliphatic heterocycles. The van der Waals surface area contributed by atoms with E-state index in [1.54, 1.807) is 6.07 Å². The third-order valence-corrected chi connectivity index (χ3v) is 4.00. The van der Waals surface area contributed by atoms with Crippen molar-refractivity contribution in [2.75, 3.05) is 5.75 Å². The summed E-state index contributed by atoms with van der Waals surface area (Å²) < 4.78 is 0. The first-order chi connectivity index (χ1) is 9.04. The Morgan fingerprint density at radius 2 is 2.05 bits per heavy atom. The molecule has 0 fully saturated rings. The second-order valence-corrected chi connectivity index (χ2v) is 5.85. The Labute approximate surface area is 119 Å². The highest BCUT2D eigenvalue weighted by Gasteiger charge is 2.10. The zero-order valence-electron chi connectivity index (χ0n) is 11.6. The van der Waals surface area contributed by atoms with Crippen molar-refractivity contribution in [3.8, 4) is 6.07 Å². The molecule has 1 atom stereocenters. The number of nitrogens with zero attached hydrogens (tertiary/aromatic N) is 1. The number of amides is 1. The Hall–Kier alpha value is -1.47. The van der Waals surface area contributed by atoms with Crippen LogP contribution >= 0.6 is 11.8 Å². The average molecular weight is 276 g/mol. The Balaban J connectivity index is 2.38. The van der Waals surface area contributed by atoms with E-state index in [0.29, 0.717) is 23.0 Å². The summed E-state index contributed by atoms with van der Waals surface area (Å²) in [5.74, 6) is 1.61. The molecule has 1 aromatic carbocycles. The molecule has 1 amide bonds. The maximum atomic E-state index is 11.7. The Bertz CT molecular complexity index is 465. The van der Waals surface area contributed by atoms with Crippen LogP contribution in [-0.4, -0.2) is 17.7 Å². The summed E-state index contributed by atoms with van der Waals surface area (Å²) in [5, 5.41) is 11.9. The van der Waals surface area contributed by atoms with Crippen LogP contribution in [0.1, 0.15) is 31.9 Å². The van der Waals surface area contributed by atoms with Crippen molar-refractivity contribution in [3.63, 3.8) is 0 Å². The lowest BCUT2D eigenvalue weighted by Crippen LogP contribution is -2.37. The predicted octanol–water partition coefficient (Wildman–Crippen LogP) is 2.95. The van der Waals surface area contributed by atoms with Crippen LogP contribution in [0.5, 0.6) is 0 Å². The minimum absolute atomic E-state index is 0.0561. The van der Waals surface area contributed by atoms with Crippen LogP contribution in [0.2, 0.25) is 0 Å². The molecule has 0 spiro atoms. The van der Waals surface area contributed by atoms with Crippen molar-refractivity contribution in [1.29, 1.82) is 5.26 Å². The van der Waals surface area contributed by atoms with E-state index < -0.39 is 0 Å². The van der Waals surface area contributed by atoms with Crippen molar-refractivity contribution >= 4 is 17.7 Å². The van der Waals surface area contributed by atoms with Crippen molar-refractivity contribution in [3.05, 3.63) is 35.4 Å². The van der Waals surface area contributed by atoms with E-state index in [0.717, 1.165) is 5.56 Å². The predicted molar refractivity (Wildman–Crippen MR) is 79.8 cm³/mol. The minimum atomic E-state index is 0.0561. The second kappa shape index (κ2) is 7.85. The van der Waals surface area contributed by atoms with Gasteiger partial charge in [0.05, 0.1) is 17.4 Å². The topological polar surface area (TPSA) is 52.9 Å². The van der Waals surface area contributed by atoms with Crippen molar-refractivity contribution in [2.24, 2.45) is 5.92 Å². The number of carbonyl (C=O) groups excluding carboxylic acids is 1. The number of benzene rings is 1. The molecule has 102 valence electrons. The normalized spacial score (nSPS) is 11.9. The van der Waals surface area contributed by atoms with Gasteiger partial charge in [0.2, 0.25) is 5.91 Å². The van der Waals surface area contributed by atoms with Gasteiger partial charge in [0, 0.05) is 11.8 Å². The van der Waals surface area contributed by atoms with E-state index in [1.807, 2.05) is 25.1 Å². The van der Waals surface area contributed by atoms with Crippen LogP contribution < -0.4 is 5.32 Å². The molecule has 0 radical (unpaired) electrons. The van der Waals surface area contributed by atoms with Gasteiger partial charge in [-0.15, -0.1) is 11.8 Å². The molecule has 1 aromatic rings. The summed E-state index contributed by atoms with van der Waals surface area (Å²) >= 11 is 1.53. The molecule has 1 N–H and O–H groups in total. The lowest BCUT2D eigenvalue weighted by molar-refractivity contribution is -0.119. The fourth-order valence-corrected chi connectivity index (χ4v) is 2.31. The van der Waals surface area contributed by atoms with Gasteiger partial charge in [-0.3, -0.25) is 4.79 Å².